The Hall–Kier alpha value is -0.990. The van der Waals surface area contributed by atoms with Crippen molar-refractivity contribution in [2.75, 3.05) is 5.73 Å². The highest BCUT2D eigenvalue weighted by molar-refractivity contribution is 9.10. The molecule has 76 valence electrons. The van der Waals surface area contributed by atoms with Crippen LogP contribution in [0.5, 0.6) is 0 Å². The van der Waals surface area contributed by atoms with Gasteiger partial charge >= 0.3 is 0 Å². The molecule has 0 atom stereocenters. The Morgan fingerprint density at radius 3 is 2.13 bits per heavy atom. The summed E-state index contributed by atoms with van der Waals surface area (Å²) in [7, 11) is 0. The topological polar surface area (TPSA) is 26.0 Å². The average molecular weight is 283 g/mol. The van der Waals surface area contributed by atoms with Gasteiger partial charge < -0.3 is 5.73 Å². The molecule has 0 aromatic heterocycles. The van der Waals surface area contributed by atoms with E-state index in [1.165, 1.54) is 0 Å². The summed E-state index contributed by atoms with van der Waals surface area (Å²) in [6.07, 6.45) is 0. The minimum atomic E-state index is 0.593. The van der Waals surface area contributed by atoms with Crippen LogP contribution in [0, 0.1) is 0 Å². The quantitative estimate of drug-likeness (QED) is 0.773. The zero-order valence-electron chi connectivity index (χ0n) is 7.87. The van der Waals surface area contributed by atoms with Crippen molar-refractivity contribution >= 4 is 33.2 Å². The Morgan fingerprint density at radius 1 is 0.933 bits per heavy atom. The van der Waals surface area contributed by atoms with E-state index in [0.29, 0.717) is 10.7 Å². The maximum absolute atomic E-state index is 5.86. The zero-order valence-corrected chi connectivity index (χ0v) is 10.2. The molecular formula is C12H9BrClN. The summed E-state index contributed by atoms with van der Waals surface area (Å²) in [6.45, 7) is 0. The van der Waals surface area contributed by atoms with E-state index >= 15 is 0 Å². The van der Waals surface area contributed by atoms with Crippen molar-refractivity contribution in [1.82, 2.24) is 0 Å². The van der Waals surface area contributed by atoms with Crippen LogP contribution in [-0.2, 0) is 0 Å². The first-order chi connectivity index (χ1) is 7.16. The molecule has 0 bridgehead atoms. The molecule has 3 heteroatoms. The largest absolute Gasteiger partial charge is 0.398 e. The molecule has 0 saturated heterocycles. The van der Waals surface area contributed by atoms with Crippen molar-refractivity contribution in [1.29, 1.82) is 0 Å². The van der Waals surface area contributed by atoms with E-state index in [0.717, 1.165) is 15.6 Å². The van der Waals surface area contributed by atoms with E-state index in [9.17, 15) is 0 Å². The van der Waals surface area contributed by atoms with E-state index in [2.05, 4.69) is 15.9 Å². The number of rotatable bonds is 1. The van der Waals surface area contributed by atoms with Gasteiger partial charge in [0.2, 0.25) is 0 Å². The van der Waals surface area contributed by atoms with Crippen LogP contribution < -0.4 is 5.73 Å². The molecule has 0 amide bonds. The Morgan fingerprint density at radius 2 is 1.53 bits per heavy atom. The summed E-state index contributed by atoms with van der Waals surface area (Å²) >= 11 is 9.26. The lowest BCUT2D eigenvalue weighted by Gasteiger charge is -2.04. The number of nitrogen functional groups attached to an aromatic ring is 1. The third-order valence-corrected chi connectivity index (χ3v) is 3.05. The third-order valence-electron chi connectivity index (χ3n) is 2.17. The molecule has 0 fully saturated rings. The summed E-state index contributed by atoms with van der Waals surface area (Å²) in [5.74, 6) is 0. The van der Waals surface area contributed by atoms with Gasteiger partial charge in [0, 0.05) is 4.47 Å². The van der Waals surface area contributed by atoms with Crippen molar-refractivity contribution in [2.45, 2.75) is 0 Å². The molecule has 2 aromatic rings. The molecule has 0 unspecified atom stereocenters. The standard InChI is InChI=1S/C12H9BrClN/c13-10-4-1-8(2-5-10)9-3-6-11(14)12(15)7-9/h1-7H,15H2. The molecule has 2 N–H and O–H groups in total. The number of halogens is 2. The molecule has 0 saturated carbocycles. The lowest BCUT2D eigenvalue weighted by atomic mass is 10.1. The van der Waals surface area contributed by atoms with Crippen LogP contribution in [0.15, 0.2) is 46.9 Å². The summed E-state index contributed by atoms with van der Waals surface area (Å²) in [5.41, 5.74) is 8.56. The van der Waals surface area contributed by atoms with Crippen LogP contribution in [0.2, 0.25) is 5.02 Å². The SMILES string of the molecule is Nc1cc(-c2ccc(Br)cc2)ccc1Cl. The first-order valence-electron chi connectivity index (χ1n) is 4.48. The van der Waals surface area contributed by atoms with Gasteiger partial charge in [0.25, 0.3) is 0 Å². The normalized spacial score (nSPS) is 10.3. The Kier molecular flexibility index (Phi) is 2.98. The molecule has 0 spiro atoms. The molecule has 0 aliphatic heterocycles. The summed E-state index contributed by atoms with van der Waals surface area (Å²) in [4.78, 5) is 0. The lowest BCUT2D eigenvalue weighted by Crippen LogP contribution is -1.87. The molecule has 0 heterocycles. The monoisotopic (exact) mass is 281 g/mol. The highest BCUT2D eigenvalue weighted by atomic mass is 79.9. The first kappa shape index (κ1) is 10.5. The van der Waals surface area contributed by atoms with Crippen molar-refractivity contribution in [3.8, 4) is 11.1 Å². The Bertz CT molecular complexity index is 479. The molecule has 2 rings (SSSR count). The van der Waals surface area contributed by atoms with Gasteiger partial charge in [0.05, 0.1) is 10.7 Å². The minimum Gasteiger partial charge on any atom is -0.398 e. The maximum atomic E-state index is 5.86. The van der Waals surface area contributed by atoms with Crippen LogP contribution in [0.3, 0.4) is 0 Å². The fourth-order valence-electron chi connectivity index (χ4n) is 1.37. The zero-order chi connectivity index (χ0) is 10.8. The summed E-state index contributed by atoms with van der Waals surface area (Å²) in [5, 5.41) is 0.593. The van der Waals surface area contributed by atoms with Gasteiger partial charge in [-0.15, -0.1) is 0 Å². The van der Waals surface area contributed by atoms with Crippen molar-refractivity contribution in [2.24, 2.45) is 0 Å². The molecule has 0 aliphatic carbocycles. The predicted octanol–water partition coefficient (Wildman–Crippen LogP) is 4.35. The van der Waals surface area contributed by atoms with Gasteiger partial charge in [-0.3, -0.25) is 0 Å². The van der Waals surface area contributed by atoms with E-state index in [1.54, 1.807) is 0 Å². The molecule has 0 radical (unpaired) electrons. The summed E-state index contributed by atoms with van der Waals surface area (Å²) in [6, 6.07) is 13.7. The fraction of sp³-hybridized carbons (Fsp3) is 0. The number of anilines is 1. The molecular weight excluding hydrogens is 273 g/mol. The van der Waals surface area contributed by atoms with Crippen LogP contribution in [-0.4, -0.2) is 0 Å². The predicted molar refractivity (Wildman–Crippen MR) is 69.0 cm³/mol. The van der Waals surface area contributed by atoms with E-state index < -0.39 is 0 Å². The van der Waals surface area contributed by atoms with Crippen LogP contribution >= 0.6 is 27.5 Å². The maximum Gasteiger partial charge on any atom is 0.0635 e. The smallest absolute Gasteiger partial charge is 0.0635 e. The highest BCUT2D eigenvalue weighted by Crippen LogP contribution is 2.27. The second kappa shape index (κ2) is 4.25. The van der Waals surface area contributed by atoms with E-state index in [4.69, 9.17) is 17.3 Å². The van der Waals surface area contributed by atoms with Crippen LogP contribution in [0.4, 0.5) is 5.69 Å². The van der Waals surface area contributed by atoms with E-state index in [1.807, 2.05) is 42.5 Å². The van der Waals surface area contributed by atoms with Gasteiger partial charge in [-0.05, 0) is 35.4 Å². The fourth-order valence-corrected chi connectivity index (χ4v) is 1.75. The van der Waals surface area contributed by atoms with Gasteiger partial charge in [-0.1, -0.05) is 45.7 Å². The molecule has 2 aromatic carbocycles. The number of hydrogen-bond donors (Lipinski definition) is 1. The number of nitrogens with two attached hydrogens (primary N) is 1. The summed E-state index contributed by atoms with van der Waals surface area (Å²) < 4.78 is 1.06. The number of benzene rings is 2. The van der Waals surface area contributed by atoms with Gasteiger partial charge in [0.1, 0.15) is 0 Å². The van der Waals surface area contributed by atoms with Crippen molar-refractivity contribution in [3.05, 3.63) is 52.0 Å². The molecule has 15 heavy (non-hydrogen) atoms. The lowest BCUT2D eigenvalue weighted by molar-refractivity contribution is 1.59. The van der Waals surface area contributed by atoms with Crippen LogP contribution in [0.25, 0.3) is 11.1 Å². The first-order valence-corrected chi connectivity index (χ1v) is 5.65. The van der Waals surface area contributed by atoms with Gasteiger partial charge in [-0.2, -0.15) is 0 Å². The van der Waals surface area contributed by atoms with Crippen LogP contribution in [0.1, 0.15) is 0 Å². The minimum absolute atomic E-state index is 0.593. The Balaban J connectivity index is 2.45. The van der Waals surface area contributed by atoms with Crippen molar-refractivity contribution in [3.63, 3.8) is 0 Å². The number of hydrogen-bond acceptors (Lipinski definition) is 1. The molecule has 0 aliphatic rings. The average Bonchev–Trinajstić information content (AvgIpc) is 2.23. The van der Waals surface area contributed by atoms with Gasteiger partial charge in [-0.25, -0.2) is 0 Å². The van der Waals surface area contributed by atoms with Crippen molar-refractivity contribution < 1.29 is 0 Å². The highest BCUT2D eigenvalue weighted by Gasteiger charge is 2.00. The molecule has 1 nitrogen and oxygen atoms in total. The second-order valence-corrected chi connectivity index (χ2v) is 4.57. The Labute approximate surface area is 102 Å². The van der Waals surface area contributed by atoms with Gasteiger partial charge in [0.15, 0.2) is 0 Å². The van der Waals surface area contributed by atoms with E-state index in [-0.39, 0.29) is 0 Å². The third kappa shape index (κ3) is 2.33. The second-order valence-electron chi connectivity index (χ2n) is 3.24.